The lowest BCUT2D eigenvalue weighted by Gasteiger charge is -2.26. The van der Waals surface area contributed by atoms with Crippen LogP contribution >= 0.6 is 0 Å². The van der Waals surface area contributed by atoms with Crippen molar-refractivity contribution >= 4 is 5.97 Å². The predicted octanol–water partition coefficient (Wildman–Crippen LogP) is 0.956. The molecule has 0 saturated carbocycles. The Bertz CT molecular complexity index is 140. The minimum Gasteiger partial charge on any atom is -0.469 e. The maximum absolute atomic E-state index is 10.9. The number of carbonyl (C=O) groups is 1. The molecule has 1 N–H and O–H groups in total. The van der Waals surface area contributed by atoms with Crippen LogP contribution in [0.15, 0.2) is 0 Å². The van der Waals surface area contributed by atoms with Crippen LogP contribution in [-0.4, -0.2) is 23.8 Å². The summed E-state index contributed by atoms with van der Waals surface area (Å²) in [5.74, 6) is -0.825. The van der Waals surface area contributed by atoms with Gasteiger partial charge in [-0.1, -0.05) is 6.92 Å². The Labute approximate surface area is 67.4 Å². The third-order valence-electron chi connectivity index (χ3n) is 2.20. The van der Waals surface area contributed by atoms with Gasteiger partial charge in [0, 0.05) is 0 Å². The van der Waals surface area contributed by atoms with Gasteiger partial charge in [-0.05, 0) is 20.3 Å². The lowest BCUT2D eigenvalue weighted by atomic mass is 9.88. The minimum atomic E-state index is -0.951. The molecule has 0 radical (unpaired) electrons. The second-order valence-electron chi connectivity index (χ2n) is 2.96. The Morgan fingerprint density at radius 2 is 2.18 bits per heavy atom. The van der Waals surface area contributed by atoms with Crippen molar-refractivity contribution in [2.45, 2.75) is 32.8 Å². The Morgan fingerprint density at radius 3 is 2.45 bits per heavy atom. The van der Waals surface area contributed by atoms with Crippen molar-refractivity contribution in [2.24, 2.45) is 5.92 Å². The minimum absolute atomic E-state index is 0.364. The quantitative estimate of drug-likeness (QED) is 0.625. The van der Waals surface area contributed by atoms with Gasteiger partial charge in [-0.25, -0.2) is 0 Å². The molecule has 0 aliphatic heterocycles. The molecule has 66 valence electrons. The third-order valence-corrected chi connectivity index (χ3v) is 2.20. The Hall–Kier alpha value is -0.570. The molecule has 0 aromatic carbocycles. The number of hydrogen-bond acceptors (Lipinski definition) is 3. The zero-order valence-electron chi connectivity index (χ0n) is 7.55. The normalized spacial score (nSPS) is 18.6. The van der Waals surface area contributed by atoms with Crippen LogP contribution < -0.4 is 0 Å². The molecule has 11 heavy (non-hydrogen) atoms. The molecule has 0 bridgehead atoms. The first-order valence-electron chi connectivity index (χ1n) is 3.76. The van der Waals surface area contributed by atoms with Crippen molar-refractivity contribution < 1.29 is 14.6 Å². The van der Waals surface area contributed by atoms with E-state index >= 15 is 0 Å². The number of aliphatic hydroxyl groups is 1. The molecule has 0 aromatic rings. The van der Waals surface area contributed by atoms with E-state index in [1.54, 1.807) is 13.8 Å². The largest absolute Gasteiger partial charge is 0.469 e. The summed E-state index contributed by atoms with van der Waals surface area (Å²) >= 11 is 0. The van der Waals surface area contributed by atoms with Crippen LogP contribution in [0.1, 0.15) is 27.2 Å². The molecule has 3 nitrogen and oxygen atoms in total. The fourth-order valence-electron chi connectivity index (χ4n) is 0.737. The molecular formula is C8H16O3. The van der Waals surface area contributed by atoms with Gasteiger partial charge in [0.05, 0.1) is 18.6 Å². The fraction of sp³-hybridized carbons (Fsp3) is 0.875. The Morgan fingerprint density at radius 1 is 1.73 bits per heavy atom. The van der Waals surface area contributed by atoms with E-state index < -0.39 is 11.5 Å². The SMILES string of the molecule is CC[C@@](C)(O)[C@H](C)C(=O)OC. The van der Waals surface area contributed by atoms with E-state index in [0.29, 0.717) is 6.42 Å². The molecule has 0 amide bonds. The molecule has 0 spiro atoms. The van der Waals surface area contributed by atoms with Crippen LogP contribution in [0.2, 0.25) is 0 Å². The molecular weight excluding hydrogens is 144 g/mol. The van der Waals surface area contributed by atoms with Crippen LogP contribution in [0.3, 0.4) is 0 Å². The van der Waals surface area contributed by atoms with Crippen molar-refractivity contribution in [1.82, 2.24) is 0 Å². The summed E-state index contributed by atoms with van der Waals surface area (Å²) in [6.07, 6.45) is 0.545. The standard InChI is InChI=1S/C8H16O3/c1-5-8(3,10)6(2)7(9)11-4/h6,10H,5H2,1-4H3/t6-,8-/m1/s1. The monoisotopic (exact) mass is 160 g/mol. The summed E-state index contributed by atoms with van der Waals surface area (Å²) < 4.78 is 4.50. The topological polar surface area (TPSA) is 46.5 Å². The van der Waals surface area contributed by atoms with Gasteiger partial charge in [0.25, 0.3) is 0 Å². The van der Waals surface area contributed by atoms with Crippen molar-refractivity contribution in [3.05, 3.63) is 0 Å². The van der Waals surface area contributed by atoms with Gasteiger partial charge >= 0.3 is 5.97 Å². The number of rotatable bonds is 3. The van der Waals surface area contributed by atoms with E-state index in [2.05, 4.69) is 4.74 Å². The van der Waals surface area contributed by atoms with Gasteiger partial charge in [-0.3, -0.25) is 4.79 Å². The van der Waals surface area contributed by atoms with Crippen molar-refractivity contribution in [1.29, 1.82) is 0 Å². The maximum atomic E-state index is 10.9. The molecule has 0 unspecified atom stereocenters. The second-order valence-corrected chi connectivity index (χ2v) is 2.96. The lowest BCUT2D eigenvalue weighted by molar-refractivity contribution is -0.153. The molecule has 3 heteroatoms. The smallest absolute Gasteiger partial charge is 0.311 e. The third kappa shape index (κ3) is 2.50. The van der Waals surface area contributed by atoms with Crippen LogP contribution in [0.25, 0.3) is 0 Å². The average Bonchev–Trinajstić information content (AvgIpc) is 2.01. The van der Waals surface area contributed by atoms with Crippen LogP contribution in [0.5, 0.6) is 0 Å². The number of ether oxygens (including phenoxy) is 1. The predicted molar refractivity (Wildman–Crippen MR) is 42.1 cm³/mol. The van der Waals surface area contributed by atoms with E-state index in [0.717, 1.165) is 0 Å². The highest BCUT2D eigenvalue weighted by atomic mass is 16.5. The van der Waals surface area contributed by atoms with Crippen LogP contribution in [0, 0.1) is 5.92 Å². The molecule has 0 heterocycles. The highest BCUT2D eigenvalue weighted by Crippen LogP contribution is 2.21. The molecule has 0 fully saturated rings. The lowest BCUT2D eigenvalue weighted by Crippen LogP contribution is -2.37. The van der Waals surface area contributed by atoms with Crippen molar-refractivity contribution in [3.63, 3.8) is 0 Å². The average molecular weight is 160 g/mol. The maximum Gasteiger partial charge on any atom is 0.311 e. The molecule has 0 rings (SSSR count). The van der Waals surface area contributed by atoms with Gasteiger partial charge in [0.2, 0.25) is 0 Å². The number of hydrogen-bond donors (Lipinski definition) is 1. The first-order valence-corrected chi connectivity index (χ1v) is 3.76. The number of methoxy groups -OCH3 is 1. The molecule has 2 atom stereocenters. The molecule has 0 aliphatic rings. The van der Waals surface area contributed by atoms with Gasteiger partial charge in [-0.15, -0.1) is 0 Å². The fourth-order valence-corrected chi connectivity index (χ4v) is 0.737. The van der Waals surface area contributed by atoms with Crippen LogP contribution in [-0.2, 0) is 9.53 Å². The zero-order chi connectivity index (χ0) is 9.07. The summed E-state index contributed by atoms with van der Waals surface area (Å²) in [7, 11) is 1.32. The zero-order valence-corrected chi connectivity index (χ0v) is 7.55. The highest BCUT2D eigenvalue weighted by molar-refractivity contribution is 5.73. The summed E-state index contributed by atoms with van der Waals surface area (Å²) in [6, 6.07) is 0. The van der Waals surface area contributed by atoms with Crippen molar-refractivity contribution in [3.8, 4) is 0 Å². The van der Waals surface area contributed by atoms with Gasteiger partial charge < -0.3 is 9.84 Å². The summed E-state index contributed by atoms with van der Waals surface area (Å²) in [4.78, 5) is 10.9. The number of carbonyl (C=O) groups excluding carboxylic acids is 1. The molecule has 0 aliphatic carbocycles. The highest BCUT2D eigenvalue weighted by Gasteiger charge is 2.32. The summed E-state index contributed by atoms with van der Waals surface area (Å²) in [5.41, 5.74) is -0.951. The van der Waals surface area contributed by atoms with E-state index in [9.17, 15) is 9.90 Å². The first-order chi connectivity index (χ1) is 4.95. The van der Waals surface area contributed by atoms with Gasteiger partial charge in [-0.2, -0.15) is 0 Å². The van der Waals surface area contributed by atoms with E-state index in [1.165, 1.54) is 7.11 Å². The van der Waals surface area contributed by atoms with E-state index in [4.69, 9.17) is 0 Å². The Balaban J connectivity index is 4.22. The number of esters is 1. The molecule has 0 aromatic heterocycles. The van der Waals surface area contributed by atoms with E-state index in [1.807, 2.05) is 6.92 Å². The van der Waals surface area contributed by atoms with Gasteiger partial charge in [0.1, 0.15) is 0 Å². The Kier molecular flexibility index (Phi) is 3.52. The van der Waals surface area contributed by atoms with Crippen molar-refractivity contribution in [2.75, 3.05) is 7.11 Å². The first kappa shape index (κ1) is 10.4. The molecule has 0 saturated heterocycles. The summed E-state index contributed by atoms with van der Waals surface area (Å²) in [6.45, 7) is 5.13. The van der Waals surface area contributed by atoms with E-state index in [-0.39, 0.29) is 5.97 Å². The summed E-state index contributed by atoms with van der Waals surface area (Å²) in [5, 5.41) is 9.59. The second kappa shape index (κ2) is 3.72. The van der Waals surface area contributed by atoms with Gasteiger partial charge in [0.15, 0.2) is 0 Å². The van der Waals surface area contributed by atoms with Crippen LogP contribution in [0.4, 0.5) is 0 Å².